The Balaban J connectivity index is 2.00. The molecule has 0 bridgehead atoms. The Kier molecular flexibility index (Phi) is 3.97. The number of hydrogen-bond acceptors (Lipinski definition) is 2. The molecule has 1 aliphatic rings. The predicted octanol–water partition coefficient (Wildman–Crippen LogP) is 3.16. The molecular formula is C12H22O2. The van der Waals surface area contributed by atoms with Crippen molar-refractivity contribution in [1.82, 2.24) is 0 Å². The van der Waals surface area contributed by atoms with Gasteiger partial charge in [0.25, 0.3) is 0 Å². The van der Waals surface area contributed by atoms with Crippen LogP contribution in [0.3, 0.4) is 0 Å². The van der Waals surface area contributed by atoms with Crippen molar-refractivity contribution in [2.24, 2.45) is 11.3 Å². The van der Waals surface area contributed by atoms with Gasteiger partial charge >= 0.3 is 5.97 Å². The summed E-state index contributed by atoms with van der Waals surface area (Å²) in [6.07, 6.45) is 5.67. The van der Waals surface area contributed by atoms with E-state index in [1.54, 1.807) is 0 Å². The maximum atomic E-state index is 11.4. The van der Waals surface area contributed by atoms with Crippen molar-refractivity contribution in [3.8, 4) is 0 Å². The van der Waals surface area contributed by atoms with Crippen LogP contribution in [-0.4, -0.2) is 12.6 Å². The Morgan fingerprint density at radius 2 is 2.00 bits per heavy atom. The van der Waals surface area contributed by atoms with Gasteiger partial charge in [0.1, 0.15) is 0 Å². The van der Waals surface area contributed by atoms with E-state index in [9.17, 15) is 4.79 Å². The van der Waals surface area contributed by atoms with Gasteiger partial charge in [-0.15, -0.1) is 0 Å². The van der Waals surface area contributed by atoms with Crippen LogP contribution in [0.4, 0.5) is 0 Å². The summed E-state index contributed by atoms with van der Waals surface area (Å²) in [6, 6.07) is 0. The largest absolute Gasteiger partial charge is 0.465 e. The van der Waals surface area contributed by atoms with Crippen molar-refractivity contribution >= 4 is 5.97 Å². The number of carbonyl (C=O) groups excluding carboxylic acids is 1. The first-order valence-corrected chi connectivity index (χ1v) is 5.74. The van der Waals surface area contributed by atoms with Crippen LogP contribution < -0.4 is 0 Å². The van der Waals surface area contributed by atoms with Gasteiger partial charge in [-0.1, -0.05) is 40.0 Å². The molecule has 2 nitrogen and oxygen atoms in total. The highest BCUT2D eigenvalue weighted by molar-refractivity contribution is 5.76. The lowest BCUT2D eigenvalue weighted by molar-refractivity contribution is -0.146. The molecule has 1 fully saturated rings. The summed E-state index contributed by atoms with van der Waals surface area (Å²) in [4.78, 5) is 11.4. The van der Waals surface area contributed by atoms with Crippen LogP contribution in [0.1, 0.15) is 52.9 Å². The van der Waals surface area contributed by atoms with Gasteiger partial charge in [0, 0.05) is 0 Å². The summed E-state index contributed by atoms with van der Waals surface area (Å²) < 4.78 is 5.21. The zero-order chi connectivity index (χ0) is 10.6. The number of rotatable bonds is 6. The first kappa shape index (κ1) is 11.5. The van der Waals surface area contributed by atoms with Crippen LogP contribution in [-0.2, 0) is 9.53 Å². The van der Waals surface area contributed by atoms with E-state index < -0.39 is 0 Å². The molecule has 1 aliphatic carbocycles. The highest BCUT2D eigenvalue weighted by Gasteiger charge is 2.51. The minimum Gasteiger partial charge on any atom is -0.465 e. The lowest BCUT2D eigenvalue weighted by Gasteiger charge is -2.05. The summed E-state index contributed by atoms with van der Waals surface area (Å²) in [5, 5.41) is 0. The van der Waals surface area contributed by atoms with Gasteiger partial charge in [0.2, 0.25) is 0 Å². The number of carbonyl (C=O) groups is 1. The molecule has 0 aromatic rings. The predicted molar refractivity (Wildman–Crippen MR) is 57.0 cm³/mol. The van der Waals surface area contributed by atoms with Crippen molar-refractivity contribution in [1.29, 1.82) is 0 Å². The molecule has 1 unspecified atom stereocenters. The van der Waals surface area contributed by atoms with Gasteiger partial charge in [-0.2, -0.15) is 0 Å². The monoisotopic (exact) mass is 198 g/mol. The zero-order valence-electron chi connectivity index (χ0n) is 9.64. The minimum atomic E-state index is 0.0199. The van der Waals surface area contributed by atoms with Crippen LogP contribution in [0.5, 0.6) is 0 Å². The Bertz CT molecular complexity index is 196. The fourth-order valence-electron chi connectivity index (χ4n) is 1.67. The van der Waals surface area contributed by atoms with Crippen LogP contribution in [0.15, 0.2) is 0 Å². The van der Waals surface area contributed by atoms with Gasteiger partial charge in [-0.3, -0.25) is 4.79 Å². The molecule has 0 saturated heterocycles. The normalized spacial score (nSPS) is 23.2. The molecule has 0 aromatic heterocycles. The van der Waals surface area contributed by atoms with E-state index in [-0.39, 0.29) is 17.3 Å². The molecule has 0 N–H and O–H groups in total. The SMILES string of the molecule is CCCCCCOC(=O)C1CC1(C)C. The molecule has 0 heterocycles. The Hall–Kier alpha value is -0.530. The average Bonchev–Trinajstić information content (AvgIpc) is 2.75. The molecular weight excluding hydrogens is 176 g/mol. The smallest absolute Gasteiger partial charge is 0.309 e. The molecule has 82 valence electrons. The third kappa shape index (κ3) is 3.32. The van der Waals surface area contributed by atoms with E-state index in [1.807, 2.05) is 0 Å². The average molecular weight is 198 g/mol. The maximum Gasteiger partial charge on any atom is 0.309 e. The van der Waals surface area contributed by atoms with Crippen LogP contribution >= 0.6 is 0 Å². The molecule has 1 saturated carbocycles. The van der Waals surface area contributed by atoms with Gasteiger partial charge in [0.05, 0.1) is 12.5 Å². The van der Waals surface area contributed by atoms with Gasteiger partial charge < -0.3 is 4.74 Å². The molecule has 0 aromatic carbocycles. The van der Waals surface area contributed by atoms with Crippen LogP contribution in [0, 0.1) is 11.3 Å². The molecule has 0 amide bonds. The fourth-order valence-corrected chi connectivity index (χ4v) is 1.67. The second-order valence-electron chi connectivity index (χ2n) is 4.97. The highest BCUT2D eigenvalue weighted by atomic mass is 16.5. The Labute approximate surface area is 87.0 Å². The number of unbranched alkanes of at least 4 members (excludes halogenated alkanes) is 3. The third-order valence-corrected chi connectivity index (χ3v) is 3.04. The van der Waals surface area contributed by atoms with Gasteiger partial charge in [-0.25, -0.2) is 0 Å². The summed E-state index contributed by atoms with van der Waals surface area (Å²) in [7, 11) is 0. The van der Waals surface area contributed by atoms with Crippen molar-refractivity contribution < 1.29 is 9.53 Å². The standard InChI is InChI=1S/C12H22O2/c1-4-5-6-7-8-14-11(13)10-9-12(10,2)3/h10H,4-9H2,1-3H3. The highest BCUT2D eigenvalue weighted by Crippen LogP contribution is 2.52. The molecule has 14 heavy (non-hydrogen) atoms. The third-order valence-electron chi connectivity index (χ3n) is 3.04. The molecule has 0 aliphatic heterocycles. The van der Waals surface area contributed by atoms with Crippen molar-refractivity contribution in [3.63, 3.8) is 0 Å². The molecule has 0 radical (unpaired) electrons. The lowest BCUT2D eigenvalue weighted by Crippen LogP contribution is -2.11. The fraction of sp³-hybridized carbons (Fsp3) is 0.917. The van der Waals surface area contributed by atoms with Crippen molar-refractivity contribution in [3.05, 3.63) is 0 Å². The number of ether oxygens (including phenoxy) is 1. The summed E-state index contributed by atoms with van der Waals surface area (Å²) >= 11 is 0. The van der Waals surface area contributed by atoms with E-state index >= 15 is 0 Å². The first-order chi connectivity index (χ1) is 6.58. The maximum absolute atomic E-state index is 11.4. The van der Waals surface area contributed by atoms with E-state index in [0.29, 0.717) is 6.61 Å². The first-order valence-electron chi connectivity index (χ1n) is 5.74. The van der Waals surface area contributed by atoms with Crippen LogP contribution in [0.2, 0.25) is 0 Å². The minimum absolute atomic E-state index is 0.0199. The Morgan fingerprint density at radius 3 is 2.50 bits per heavy atom. The van der Waals surface area contributed by atoms with Crippen molar-refractivity contribution in [2.45, 2.75) is 52.9 Å². The summed E-state index contributed by atoms with van der Waals surface area (Å²) in [5.41, 5.74) is 0.209. The second-order valence-corrected chi connectivity index (χ2v) is 4.97. The van der Waals surface area contributed by atoms with E-state index in [4.69, 9.17) is 4.74 Å². The molecule has 1 rings (SSSR count). The quantitative estimate of drug-likeness (QED) is 0.484. The second kappa shape index (κ2) is 4.81. The van der Waals surface area contributed by atoms with Gasteiger partial charge in [0.15, 0.2) is 0 Å². The number of hydrogen-bond donors (Lipinski definition) is 0. The van der Waals surface area contributed by atoms with E-state index in [2.05, 4.69) is 20.8 Å². The lowest BCUT2D eigenvalue weighted by atomic mass is 10.1. The van der Waals surface area contributed by atoms with Crippen LogP contribution in [0.25, 0.3) is 0 Å². The topological polar surface area (TPSA) is 26.3 Å². The summed E-state index contributed by atoms with van der Waals surface area (Å²) in [5.74, 6) is 0.195. The molecule has 2 heteroatoms. The molecule has 1 atom stereocenters. The van der Waals surface area contributed by atoms with E-state index in [0.717, 1.165) is 12.8 Å². The number of esters is 1. The van der Waals surface area contributed by atoms with Crippen molar-refractivity contribution in [2.75, 3.05) is 6.61 Å². The van der Waals surface area contributed by atoms with Gasteiger partial charge in [-0.05, 0) is 18.3 Å². The Morgan fingerprint density at radius 1 is 1.36 bits per heavy atom. The molecule has 0 spiro atoms. The van der Waals surface area contributed by atoms with E-state index in [1.165, 1.54) is 19.3 Å². The zero-order valence-corrected chi connectivity index (χ0v) is 9.64. The summed E-state index contributed by atoms with van der Waals surface area (Å²) in [6.45, 7) is 7.04.